The molecule has 0 aliphatic carbocycles. The quantitative estimate of drug-likeness (QED) is 0.846. The maximum atomic E-state index is 13.0. The molecule has 3 aliphatic rings. The van der Waals surface area contributed by atoms with Gasteiger partial charge in [-0.1, -0.05) is 6.92 Å². The van der Waals surface area contributed by atoms with Crippen LogP contribution >= 0.6 is 0 Å². The van der Waals surface area contributed by atoms with Crippen LogP contribution in [-0.2, 0) is 4.79 Å². The zero-order valence-corrected chi connectivity index (χ0v) is 15.0. The largest absolute Gasteiger partial charge is 0.454 e. The summed E-state index contributed by atoms with van der Waals surface area (Å²) in [5.41, 5.74) is 0.529. The Kier molecular flexibility index (Phi) is 4.72. The smallest absolute Gasteiger partial charge is 0.254 e. The van der Waals surface area contributed by atoms with Gasteiger partial charge >= 0.3 is 0 Å². The normalized spacial score (nSPS) is 27.4. The summed E-state index contributed by atoms with van der Waals surface area (Å²) in [4.78, 5) is 27.5. The van der Waals surface area contributed by atoms with Crippen LogP contribution in [-0.4, -0.2) is 55.2 Å². The van der Waals surface area contributed by atoms with E-state index >= 15 is 0 Å². The Bertz CT molecular complexity index is 708. The van der Waals surface area contributed by atoms with Crippen molar-refractivity contribution in [1.82, 2.24) is 15.5 Å². The molecule has 2 amide bonds. The van der Waals surface area contributed by atoms with Crippen molar-refractivity contribution in [3.05, 3.63) is 23.8 Å². The highest BCUT2D eigenvalue weighted by atomic mass is 16.7. The minimum atomic E-state index is -0.401. The highest BCUT2D eigenvalue weighted by molar-refractivity contribution is 5.98. The highest BCUT2D eigenvalue weighted by Crippen LogP contribution is 2.33. The summed E-state index contributed by atoms with van der Waals surface area (Å²) in [6.45, 7) is 4.72. The first-order valence-corrected chi connectivity index (χ1v) is 9.35. The third kappa shape index (κ3) is 3.23. The average molecular weight is 359 g/mol. The fourth-order valence-corrected chi connectivity index (χ4v) is 3.94. The summed E-state index contributed by atoms with van der Waals surface area (Å²) < 4.78 is 10.7. The number of hydrogen-bond donors (Lipinski definition) is 2. The Hall–Kier alpha value is -2.28. The Morgan fingerprint density at radius 1 is 1.23 bits per heavy atom. The molecule has 26 heavy (non-hydrogen) atoms. The lowest BCUT2D eigenvalue weighted by Gasteiger charge is -2.32. The molecular formula is C19H25N3O4. The van der Waals surface area contributed by atoms with Gasteiger partial charge in [0.2, 0.25) is 12.7 Å². The first-order chi connectivity index (χ1) is 12.6. The molecule has 0 radical (unpaired) electrons. The zero-order valence-electron chi connectivity index (χ0n) is 15.0. The van der Waals surface area contributed by atoms with E-state index in [1.54, 1.807) is 23.1 Å². The number of piperidine rings is 1. The number of rotatable bonds is 3. The molecule has 7 heteroatoms. The molecule has 3 unspecified atom stereocenters. The van der Waals surface area contributed by atoms with Crippen LogP contribution in [0.3, 0.4) is 0 Å². The third-order valence-corrected chi connectivity index (χ3v) is 5.59. The van der Waals surface area contributed by atoms with Crippen LogP contribution in [0.25, 0.3) is 0 Å². The Morgan fingerprint density at radius 3 is 2.92 bits per heavy atom. The van der Waals surface area contributed by atoms with Crippen molar-refractivity contribution in [2.45, 2.75) is 38.3 Å². The van der Waals surface area contributed by atoms with E-state index < -0.39 is 6.04 Å². The molecule has 3 heterocycles. The molecule has 2 fully saturated rings. The summed E-state index contributed by atoms with van der Waals surface area (Å²) in [6.07, 6.45) is 2.60. The van der Waals surface area contributed by atoms with E-state index in [0.29, 0.717) is 35.9 Å². The van der Waals surface area contributed by atoms with Gasteiger partial charge in [-0.3, -0.25) is 9.59 Å². The number of hydrogen-bond acceptors (Lipinski definition) is 5. The van der Waals surface area contributed by atoms with Gasteiger partial charge in [0.05, 0.1) is 0 Å². The summed E-state index contributed by atoms with van der Waals surface area (Å²) in [6, 6.07) is 4.90. The Labute approximate surface area is 153 Å². The number of likely N-dealkylation sites (tertiary alicyclic amines) is 1. The summed E-state index contributed by atoms with van der Waals surface area (Å²) in [5, 5.41) is 6.47. The van der Waals surface area contributed by atoms with Crippen LogP contribution in [0.15, 0.2) is 18.2 Å². The fourth-order valence-electron chi connectivity index (χ4n) is 3.94. The number of nitrogens with zero attached hydrogens (tertiary/aromatic N) is 1. The van der Waals surface area contributed by atoms with E-state index in [1.165, 1.54) is 0 Å². The number of nitrogens with one attached hydrogen (secondary N) is 2. The molecule has 2 N–H and O–H groups in total. The van der Waals surface area contributed by atoms with Crippen LogP contribution in [0, 0.1) is 5.92 Å². The lowest BCUT2D eigenvalue weighted by Crippen LogP contribution is -2.55. The van der Waals surface area contributed by atoms with Crippen LogP contribution in [0.2, 0.25) is 0 Å². The Balaban J connectivity index is 1.45. The number of amides is 2. The summed E-state index contributed by atoms with van der Waals surface area (Å²) in [7, 11) is 0. The highest BCUT2D eigenvalue weighted by Gasteiger charge is 2.36. The van der Waals surface area contributed by atoms with Crippen LogP contribution in [0.4, 0.5) is 0 Å². The minimum Gasteiger partial charge on any atom is -0.454 e. The van der Waals surface area contributed by atoms with Gasteiger partial charge < -0.3 is 25.0 Å². The molecule has 1 aromatic rings. The van der Waals surface area contributed by atoms with Gasteiger partial charge in [0.15, 0.2) is 11.5 Å². The van der Waals surface area contributed by atoms with Gasteiger partial charge in [-0.2, -0.15) is 0 Å². The second kappa shape index (κ2) is 7.15. The van der Waals surface area contributed by atoms with E-state index in [1.807, 2.05) is 0 Å². The molecule has 0 spiro atoms. The van der Waals surface area contributed by atoms with Crippen LogP contribution in [0.1, 0.15) is 36.5 Å². The maximum Gasteiger partial charge on any atom is 0.254 e. The summed E-state index contributed by atoms with van der Waals surface area (Å²) in [5.74, 6) is 1.50. The number of fused-ring (bicyclic) bond motifs is 1. The van der Waals surface area contributed by atoms with E-state index in [2.05, 4.69) is 17.6 Å². The second-order valence-electron chi connectivity index (χ2n) is 7.31. The third-order valence-electron chi connectivity index (χ3n) is 5.59. The fraction of sp³-hybridized carbons (Fsp3) is 0.579. The van der Waals surface area contributed by atoms with E-state index in [-0.39, 0.29) is 24.6 Å². The van der Waals surface area contributed by atoms with Crippen molar-refractivity contribution in [2.75, 3.05) is 26.4 Å². The second-order valence-corrected chi connectivity index (χ2v) is 7.31. The molecule has 7 nitrogen and oxygen atoms in total. The van der Waals surface area contributed by atoms with Crippen LogP contribution < -0.4 is 20.1 Å². The lowest BCUT2D eigenvalue weighted by molar-refractivity contribution is -0.126. The van der Waals surface area contributed by atoms with Gasteiger partial charge in [-0.15, -0.1) is 0 Å². The number of carbonyl (C=O) groups is 2. The molecular weight excluding hydrogens is 334 g/mol. The van der Waals surface area contributed by atoms with E-state index in [9.17, 15) is 9.59 Å². The predicted octanol–water partition coefficient (Wildman–Crippen LogP) is 1.13. The van der Waals surface area contributed by atoms with Crippen molar-refractivity contribution in [3.63, 3.8) is 0 Å². The molecule has 2 saturated heterocycles. The average Bonchev–Trinajstić information content (AvgIpc) is 3.31. The van der Waals surface area contributed by atoms with Gasteiger partial charge in [0.1, 0.15) is 6.04 Å². The van der Waals surface area contributed by atoms with E-state index in [0.717, 1.165) is 25.9 Å². The number of ether oxygens (including phenoxy) is 2. The SMILES string of the molecule is CC1CCNCC1NC(=O)C1CCCN1C(=O)c1ccc2c(c1)OCO2. The Morgan fingerprint density at radius 2 is 2.08 bits per heavy atom. The minimum absolute atomic E-state index is 0.0443. The molecule has 1 aromatic carbocycles. The molecule has 3 aliphatic heterocycles. The molecule has 4 rings (SSSR count). The first-order valence-electron chi connectivity index (χ1n) is 9.35. The molecule has 0 saturated carbocycles. The van der Waals surface area contributed by atoms with Crippen LogP contribution in [0.5, 0.6) is 11.5 Å². The first kappa shape index (κ1) is 17.1. The van der Waals surface area contributed by atoms with Crippen molar-refractivity contribution in [3.8, 4) is 11.5 Å². The molecule has 0 aromatic heterocycles. The van der Waals surface area contributed by atoms with Gasteiger partial charge in [0, 0.05) is 24.7 Å². The topological polar surface area (TPSA) is 79.9 Å². The zero-order chi connectivity index (χ0) is 18.1. The van der Waals surface area contributed by atoms with Crippen molar-refractivity contribution < 1.29 is 19.1 Å². The monoisotopic (exact) mass is 359 g/mol. The molecule has 0 bridgehead atoms. The summed E-state index contributed by atoms with van der Waals surface area (Å²) >= 11 is 0. The van der Waals surface area contributed by atoms with Crippen molar-refractivity contribution in [1.29, 1.82) is 0 Å². The van der Waals surface area contributed by atoms with Crippen molar-refractivity contribution >= 4 is 11.8 Å². The standard InChI is InChI=1S/C19H25N3O4/c1-12-6-7-20-10-14(12)21-18(23)15-3-2-8-22(15)19(24)13-4-5-16-17(9-13)26-11-25-16/h4-5,9,12,14-15,20H,2-3,6-8,10-11H2,1H3,(H,21,23). The number of carbonyl (C=O) groups excluding carboxylic acids is 2. The maximum absolute atomic E-state index is 13.0. The number of benzene rings is 1. The lowest BCUT2D eigenvalue weighted by atomic mass is 9.94. The predicted molar refractivity (Wildman–Crippen MR) is 95.2 cm³/mol. The van der Waals surface area contributed by atoms with Gasteiger partial charge in [-0.05, 0) is 49.9 Å². The molecule has 140 valence electrons. The van der Waals surface area contributed by atoms with Crippen molar-refractivity contribution in [2.24, 2.45) is 5.92 Å². The molecule has 3 atom stereocenters. The van der Waals surface area contributed by atoms with Gasteiger partial charge in [0.25, 0.3) is 5.91 Å². The van der Waals surface area contributed by atoms with E-state index in [4.69, 9.17) is 9.47 Å². The van der Waals surface area contributed by atoms with Gasteiger partial charge in [-0.25, -0.2) is 0 Å².